The van der Waals surface area contributed by atoms with Crippen LogP contribution in [0.25, 0.3) is 0 Å². The lowest BCUT2D eigenvalue weighted by Gasteiger charge is -2.29. The van der Waals surface area contributed by atoms with Crippen LogP contribution in [0.2, 0.25) is 0 Å². The molecule has 0 amide bonds. The molecule has 1 rings (SSSR count). The quantitative estimate of drug-likeness (QED) is 0.680. The van der Waals surface area contributed by atoms with E-state index in [1.54, 1.807) is 6.92 Å². The summed E-state index contributed by atoms with van der Waals surface area (Å²) >= 11 is 6.06. The van der Waals surface area contributed by atoms with Gasteiger partial charge in [0.2, 0.25) is 0 Å². The van der Waals surface area contributed by atoms with E-state index >= 15 is 0 Å². The van der Waals surface area contributed by atoms with Gasteiger partial charge in [-0.3, -0.25) is 4.79 Å². The van der Waals surface area contributed by atoms with Crippen molar-refractivity contribution in [2.75, 3.05) is 0 Å². The summed E-state index contributed by atoms with van der Waals surface area (Å²) in [5, 5.41) is 8.87. The van der Waals surface area contributed by atoms with Crippen LogP contribution in [-0.2, 0) is 4.79 Å². The van der Waals surface area contributed by atoms with Crippen LogP contribution >= 0.6 is 11.6 Å². The normalized spacial score (nSPS) is 32.8. The number of carboxylic acids is 1. The van der Waals surface area contributed by atoms with Gasteiger partial charge in [-0.1, -0.05) is 19.8 Å². The Hall–Kier alpha value is -0.240. The lowest BCUT2D eigenvalue weighted by molar-refractivity contribution is -0.143. The van der Waals surface area contributed by atoms with Crippen molar-refractivity contribution in [3.8, 4) is 0 Å². The Morgan fingerprint density at radius 3 is 2.58 bits per heavy atom. The third-order valence-corrected chi connectivity index (χ3v) is 3.31. The molecule has 3 unspecified atom stereocenters. The first-order valence-corrected chi connectivity index (χ1v) is 4.93. The van der Waals surface area contributed by atoms with Gasteiger partial charge in [-0.25, -0.2) is 0 Å². The van der Waals surface area contributed by atoms with E-state index in [4.69, 9.17) is 16.7 Å². The predicted octanol–water partition coefficient (Wildman–Crippen LogP) is 2.50. The highest BCUT2D eigenvalue weighted by molar-refractivity contribution is 6.21. The van der Waals surface area contributed by atoms with Gasteiger partial charge in [-0.05, 0) is 18.8 Å². The minimum Gasteiger partial charge on any atom is -0.481 e. The predicted molar refractivity (Wildman–Crippen MR) is 48.4 cm³/mol. The van der Waals surface area contributed by atoms with E-state index in [-0.39, 0.29) is 17.2 Å². The summed E-state index contributed by atoms with van der Waals surface area (Å²) in [7, 11) is 0. The van der Waals surface area contributed by atoms with Crippen LogP contribution in [0.1, 0.15) is 32.6 Å². The Labute approximate surface area is 77.9 Å². The molecule has 3 atom stereocenters. The number of rotatable bonds is 2. The van der Waals surface area contributed by atoms with E-state index in [2.05, 4.69) is 0 Å². The van der Waals surface area contributed by atoms with Crippen molar-refractivity contribution in [1.82, 2.24) is 0 Å². The monoisotopic (exact) mass is 190 g/mol. The van der Waals surface area contributed by atoms with Gasteiger partial charge in [0.25, 0.3) is 0 Å². The van der Waals surface area contributed by atoms with Crippen molar-refractivity contribution in [2.24, 2.45) is 11.8 Å². The van der Waals surface area contributed by atoms with E-state index in [1.165, 1.54) is 0 Å². The molecule has 0 aromatic rings. The van der Waals surface area contributed by atoms with Gasteiger partial charge in [0.1, 0.15) is 0 Å². The van der Waals surface area contributed by atoms with Crippen LogP contribution in [0.4, 0.5) is 0 Å². The minimum absolute atomic E-state index is 0.0739. The van der Waals surface area contributed by atoms with Gasteiger partial charge in [-0.15, -0.1) is 11.6 Å². The average molecular weight is 191 g/mol. The van der Waals surface area contributed by atoms with Crippen molar-refractivity contribution in [1.29, 1.82) is 0 Å². The number of hydrogen-bond acceptors (Lipinski definition) is 1. The molecule has 0 aromatic heterocycles. The van der Waals surface area contributed by atoms with Gasteiger partial charge in [0.15, 0.2) is 0 Å². The second-order valence-corrected chi connectivity index (χ2v) is 4.15. The van der Waals surface area contributed by atoms with E-state index in [0.29, 0.717) is 0 Å². The van der Waals surface area contributed by atoms with Crippen molar-refractivity contribution in [2.45, 2.75) is 38.0 Å². The Morgan fingerprint density at radius 1 is 1.50 bits per heavy atom. The number of carboxylic acid groups (broad SMARTS) is 1. The lowest BCUT2D eigenvalue weighted by Crippen LogP contribution is -2.30. The average Bonchev–Trinajstić information content (AvgIpc) is 2.04. The zero-order valence-electron chi connectivity index (χ0n) is 7.29. The van der Waals surface area contributed by atoms with E-state index < -0.39 is 5.97 Å². The molecule has 1 saturated carbocycles. The molecule has 1 fully saturated rings. The number of aliphatic carboxylic acids is 1. The maximum Gasteiger partial charge on any atom is 0.306 e. The van der Waals surface area contributed by atoms with Crippen LogP contribution in [-0.4, -0.2) is 16.5 Å². The molecule has 2 nitrogen and oxygen atoms in total. The van der Waals surface area contributed by atoms with Gasteiger partial charge >= 0.3 is 5.97 Å². The third kappa shape index (κ3) is 2.13. The van der Waals surface area contributed by atoms with Crippen LogP contribution in [0, 0.1) is 11.8 Å². The molecule has 70 valence electrons. The topological polar surface area (TPSA) is 37.3 Å². The molecular formula is C9H15ClO2. The zero-order chi connectivity index (χ0) is 9.14. The first-order valence-electron chi connectivity index (χ1n) is 4.50. The summed E-state index contributed by atoms with van der Waals surface area (Å²) in [5.74, 6) is -0.821. The summed E-state index contributed by atoms with van der Waals surface area (Å²) < 4.78 is 0. The highest BCUT2D eigenvalue weighted by atomic mass is 35.5. The Bertz CT molecular complexity index is 170. The van der Waals surface area contributed by atoms with Gasteiger partial charge in [0, 0.05) is 5.38 Å². The van der Waals surface area contributed by atoms with Crippen LogP contribution in [0.15, 0.2) is 0 Å². The third-order valence-electron chi connectivity index (χ3n) is 2.76. The fourth-order valence-electron chi connectivity index (χ4n) is 1.86. The molecule has 0 spiro atoms. The summed E-state index contributed by atoms with van der Waals surface area (Å²) in [4.78, 5) is 10.7. The largest absolute Gasteiger partial charge is 0.481 e. The zero-order valence-corrected chi connectivity index (χ0v) is 8.05. The van der Waals surface area contributed by atoms with Crippen LogP contribution in [0.5, 0.6) is 0 Å². The smallest absolute Gasteiger partial charge is 0.306 e. The van der Waals surface area contributed by atoms with E-state index in [9.17, 15) is 4.79 Å². The fourth-order valence-corrected chi connectivity index (χ4v) is 2.36. The second kappa shape index (κ2) is 4.13. The molecule has 1 N–H and O–H groups in total. The first-order chi connectivity index (χ1) is 5.63. The molecule has 0 saturated heterocycles. The molecule has 0 aliphatic heterocycles. The standard InChI is InChI=1S/C9H15ClO2/c1-6(9(11)12)7-4-2-3-5-8(7)10/h6-8H,2-5H2,1H3,(H,11,12). The molecule has 1 aliphatic carbocycles. The van der Waals surface area contributed by atoms with Gasteiger partial charge < -0.3 is 5.11 Å². The molecular weight excluding hydrogens is 176 g/mol. The van der Waals surface area contributed by atoms with Gasteiger partial charge in [0.05, 0.1) is 5.92 Å². The van der Waals surface area contributed by atoms with E-state index in [0.717, 1.165) is 25.7 Å². The summed E-state index contributed by atoms with van der Waals surface area (Å²) in [5.41, 5.74) is 0. The molecule has 0 bridgehead atoms. The Morgan fingerprint density at radius 2 is 2.08 bits per heavy atom. The fraction of sp³-hybridized carbons (Fsp3) is 0.889. The molecule has 0 aromatic carbocycles. The highest BCUT2D eigenvalue weighted by Gasteiger charge is 2.31. The Kier molecular flexibility index (Phi) is 3.39. The number of alkyl halides is 1. The van der Waals surface area contributed by atoms with Crippen LogP contribution < -0.4 is 0 Å². The minimum atomic E-state index is -0.715. The summed E-state index contributed by atoms with van der Waals surface area (Å²) in [6.07, 6.45) is 4.23. The summed E-state index contributed by atoms with van der Waals surface area (Å²) in [6, 6.07) is 0. The number of halogens is 1. The van der Waals surface area contributed by atoms with Crippen molar-refractivity contribution >= 4 is 17.6 Å². The molecule has 3 heteroatoms. The second-order valence-electron chi connectivity index (χ2n) is 3.59. The van der Waals surface area contributed by atoms with Crippen molar-refractivity contribution < 1.29 is 9.90 Å². The van der Waals surface area contributed by atoms with Gasteiger partial charge in [-0.2, -0.15) is 0 Å². The lowest BCUT2D eigenvalue weighted by atomic mass is 9.80. The maximum atomic E-state index is 10.7. The van der Waals surface area contributed by atoms with E-state index in [1.807, 2.05) is 0 Å². The molecule has 1 aliphatic rings. The number of carbonyl (C=O) groups is 1. The van der Waals surface area contributed by atoms with Crippen molar-refractivity contribution in [3.05, 3.63) is 0 Å². The maximum absolute atomic E-state index is 10.7. The molecule has 12 heavy (non-hydrogen) atoms. The summed E-state index contributed by atoms with van der Waals surface area (Å²) in [6.45, 7) is 1.76. The SMILES string of the molecule is CC(C(=O)O)C1CCCCC1Cl. The highest BCUT2D eigenvalue weighted by Crippen LogP contribution is 2.33. The van der Waals surface area contributed by atoms with Crippen LogP contribution in [0.3, 0.4) is 0 Å². The molecule has 0 heterocycles. The Balaban J connectivity index is 2.53. The van der Waals surface area contributed by atoms with Crippen molar-refractivity contribution in [3.63, 3.8) is 0 Å². The first kappa shape index (κ1) is 9.85. The number of hydrogen-bond donors (Lipinski definition) is 1. The molecule has 0 radical (unpaired) electrons.